The molecule has 2 amide bonds. The highest BCUT2D eigenvalue weighted by Crippen LogP contribution is 2.23. The van der Waals surface area contributed by atoms with Gasteiger partial charge in [-0.15, -0.1) is 0 Å². The van der Waals surface area contributed by atoms with Gasteiger partial charge in [-0.3, -0.25) is 0 Å². The SMILES string of the molecule is Cc1ccc(NC(N)=O)c(C)c1N. The summed E-state index contributed by atoms with van der Waals surface area (Å²) in [5.74, 6) is 0. The van der Waals surface area contributed by atoms with E-state index in [2.05, 4.69) is 5.32 Å². The smallest absolute Gasteiger partial charge is 0.316 e. The van der Waals surface area contributed by atoms with E-state index in [1.807, 2.05) is 19.9 Å². The fourth-order valence-corrected chi connectivity index (χ4v) is 1.13. The number of rotatable bonds is 1. The number of primary amides is 1. The van der Waals surface area contributed by atoms with Gasteiger partial charge in [0.25, 0.3) is 0 Å². The number of carbonyl (C=O) groups is 1. The molecule has 1 aromatic carbocycles. The van der Waals surface area contributed by atoms with Crippen molar-refractivity contribution >= 4 is 17.4 Å². The quantitative estimate of drug-likeness (QED) is 0.569. The van der Waals surface area contributed by atoms with Crippen LogP contribution in [0.4, 0.5) is 16.2 Å². The molecule has 13 heavy (non-hydrogen) atoms. The zero-order chi connectivity index (χ0) is 10.0. The van der Waals surface area contributed by atoms with Gasteiger partial charge in [0.1, 0.15) is 0 Å². The van der Waals surface area contributed by atoms with Gasteiger partial charge in [-0.25, -0.2) is 4.79 Å². The molecule has 0 atom stereocenters. The third-order valence-corrected chi connectivity index (χ3v) is 1.99. The summed E-state index contributed by atoms with van der Waals surface area (Å²) in [7, 11) is 0. The second kappa shape index (κ2) is 3.35. The summed E-state index contributed by atoms with van der Waals surface area (Å²) in [6, 6.07) is 3.05. The first kappa shape index (κ1) is 9.38. The largest absolute Gasteiger partial charge is 0.398 e. The Bertz CT molecular complexity index is 347. The Kier molecular flexibility index (Phi) is 2.41. The fourth-order valence-electron chi connectivity index (χ4n) is 1.13. The third-order valence-electron chi connectivity index (χ3n) is 1.99. The van der Waals surface area contributed by atoms with Gasteiger partial charge in [-0.2, -0.15) is 0 Å². The molecule has 0 aliphatic rings. The molecule has 1 aromatic rings. The van der Waals surface area contributed by atoms with E-state index in [0.717, 1.165) is 11.1 Å². The van der Waals surface area contributed by atoms with Crippen LogP contribution in [-0.2, 0) is 0 Å². The van der Waals surface area contributed by atoms with Crippen molar-refractivity contribution in [3.8, 4) is 0 Å². The van der Waals surface area contributed by atoms with Gasteiger partial charge in [-0.05, 0) is 31.0 Å². The molecule has 0 radical (unpaired) electrons. The van der Waals surface area contributed by atoms with Gasteiger partial charge in [-0.1, -0.05) is 6.07 Å². The lowest BCUT2D eigenvalue weighted by atomic mass is 10.1. The number of nitrogens with two attached hydrogens (primary N) is 2. The summed E-state index contributed by atoms with van der Waals surface area (Å²) in [6.45, 7) is 3.75. The van der Waals surface area contributed by atoms with E-state index in [-0.39, 0.29) is 0 Å². The van der Waals surface area contributed by atoms with Crippen LogP contribution in [0.5, 0.6) is 0 Å². The number of nitrogen functional groups attached to an aromatic ring is 1. The van der Waals surface area contributed by atoms with Crippen LogP contribution < -0.4 is 16.8 Å². The van der Waals surface area contributed by atoms with Gasteiger partial charge in [0, 0.05) is 11.4 Å². The Morgan fingerprint density at radius 3 is 2.54 bits per heavy atom. The van der Waals surface area contributed by atoms with Crippen molar-refractivity contribution in [2.24, 2.45) is 5.73 Å². The zero-order valence-electron chi connectivity index (χ0n) is 7.72. The second-order valence-electron chi connectivity index (χ2n) is 2.96. The fraction of sp³-hybridized carbons (Fsp3) is 0.222. The highest BCUT2D eigenvalue weighted by Gasteiger charge is 2.04. The number of benzene rings is 1. The first-order chi connectivity index (χ1) is 6.02. The average molecular weight is 179 g/mol. The molecular weight excluding hydrogens is 166 g/mol. The first-order valence-electron chi connectivity index (χ1n) is 3.94. The van der Waals surface area contributed by atoms with E-state index in [1.165, 1.54) is 0 Å². The maximum Gasteiger partial charge on any atom is 0.316 e. The topological polar surface area (TPSA) is 81.1 Å². The maximum absolute atomic E-state index is 10.6. The summed E-state index contributed by atoms with van der Waals surface area (Å²) in [4.78, 5) is 10.6. The molecule has 4 nitrogen and oxygen atoms in total. The zero-order valence-corrected chi connectivity index (χ0v) is 7.72. The van der Waals surface area contributed by atoms with E-state index >= 15 is 0 Å². The highest BCUT2D eigenvalue weighted by molar-refractivity contribution is 5.89. The van der Waals surface area contributed by atoms with Crippen molar-refractivity contribution in [3.63, 3.8) is 0 Å². The molecule has 4 heteroatoms. The van der Waals surface area contributed by atoms with Gasteiger partial charge >= 0.3 is 6.03 Å². The maximum atomic E-state index is 10.6. The lowest BCUT2D eigenvalue weighted by molar-refractivity contribution is 0.259. The van der Waals surface area contributed by atoms with E-state index in [1.54, 1.807) is 6.07 Å². The Morgan fingerprint density at radius 2 is 2.00 bits per heavy atom. The van der Waals surface area contributed by atoms with Crippen LogP contribution in [0, 0.1) is 13.8 Å². The van der Waals surface area contributed by atoms with E-state index < -0.39 is 6.03 Å². The molecule has 0 aliphatic carbocycles. The lowest BCUT2D eigenvalue weighted by Gasteiger charge is -2.10. The number of anilines is 2. The molecule has 0 unspecified atom stereocenters. The van der Waals surface area contributed by atoms with Gasteiger partial charge in [0.05, 0.1) is 0 Å². The van der Waals surface area contributed by atoms with Crippen molar-refractivity contribution in [1.82, 2.24) is 0 Å². The predicted molar refractivity (Wildman–Crippen MR) is 53.5 cm³/mol. The Labute approximate surface area is 76.9 Å². The van der Waals surface area contributed by atoms with Crippen molar-refractivity contribution in [2.75, 3.05) is 11.1 Å². The van der Waals surface area contributed by atoms with Crippen LogP contribution in [0.2, 0.25) is 0 Å². The van der Waals surface area contributed by atoms with Crippen LogP contribution >= 0.6 is 0 Å². The standard InChI is InChI=1S/C9H13N3O/c1-5-3-4-7(12-9(11)13)6(2)8(5)10/h3-4H,10H2,1-2H3,(H3,11,12,13). The minimum absolute atomic E-state index is 0.577. The van der Waals surface area contributed by atoms with Crippen LogP contribution in [0.25, 0.3) is 0 Å². The Hall–Kier alpha value is -1.71. The third kappa shape index (κ3) is 1.90. The molecular formula is C9H13N3O. The van der Waals surface area contributed by atoms with Gasteiger partial charge < -0.3 is 16.8 Å². The highest BCUT2D eigenvalue weighted by atomic mass is 16.2. The van der Waals surface area contributed by atoms with Gasteiger partial charge in [0.2, 0.25) is 0 Å². The number of urea groups is 1. The van der Waals surface area contributed by atoms with Crippen molar-refractivity contribution in [3.05, 3.63) is 23.3 Å². The lowest BCUT2D eigenvalue weighted by Crippen LogP contribution is -2.20. The molecule has 0 aliphatic heterocycles. The summed E-state index contributed by atoms with van der Waals surface area (Å²) >= 11 is 0. The van der Waals surface area contributed by atoms with Crippen LogP contribution in [0.3, 0.4) is 0 Å². The molecule has 5 N–H and O–H groups in total. The monoisotopic (exact) mass is 179 g/mol. The summed E-state index contributed by atoms with van der Waals surface area (Å²) in [5.41, 5.74) is 13.9. The molecule has 70 valence electrons. The Balaban J connectivity index is 3.10. The first-order valence-corrected chi connectivity index (χ1v) is 3.94. The Morgan fingerprint density at radius 1 is 1.38 bits per heavy atom. The van der Waals surface area contributed by atoms with Crippen LogP contribution in [0.15, 0.2) is 12.1 Å². The number of nitrogens with one attached hydrogen (secondary N) is 1. The summed E-state index contributed by atoms with van der Waals surface area (Å²) in [6.07, 6.45) is 0. The average Bonchev–Trinajstić information content (AvgIpc) is 2.06. The summed E-state index contributed by atoms with van der Waals surface area (Å²) < 4.78 is 0. The molecule has 0 spiro atoms. The predicted octanol–water partition coefficient (Wildman–Crippen LogP) is 1.38. The second-order valence-corrected chi connectivity index (χ2v) is 2.96. The number of carbonyl (C=O) groups excluding carboxylic acids is 1. The molecule has 0 aromatic heterocycles. The van der Waals surface area contributed by atoms with Crippen molar-refractivity contribution in [1.29, 1.82) is 0 Å². The number of amides is 2. The van der Waals surface area contributed by atoms with Crippen molar-refractivity contribution in [2.45, 2.75) is 13.8 Å². The normalized spacial score (nSPS) is 9.69. The van der Waals surface area contributed by atoms with E-state index in [9.17, 15) is 4.79 Å². The molecule has 0 saturated heterocycles. The molecule has 0 heterocycles. The minimum atomic E-state index is -0.577. The van der Waals surface area contributed by atoms with Crippen LogP contribution in [0.1, 0.15) is 11.1 Å². The molecule has 0 fully saturated rings. The molecule has 0 saturated carbocycles. The molecule has 1 rings (SSSR count). The number of hydrogen-bond acceptors (Lipinski definition) is 2. The van der Waals surface area contributed by atoms with E-state index in [4.69, 9.17) is 11.5 Å². The van der Waals surface area contributed by atoms with Gasteiger partial charge in [0.15, 0.2) is 0 Å². The number of aryl methyl sites for hydroxylation is 1. The molecule has 0 bridgehead atoms. The van der Waals surface area contributed by atoms with E-state index in [0.29, 0.717) is 11.4 Å². The summed E-state index contributed by atoms with van der Waals surface area (Å²) in [5, 5.41) is 2.50. The van der Waals surface area contributed by atoms with Crippen molar-refractivity contribution < 1.29 is 4.79 Å². The minimum Gasteiger partial charge on any atom is -0.398 e. The van der Waals surface area contributed by atoms with Crippen LogP contribution in [-0.4, -0.2) is 6.03 Å². The number of hydrogen-bond donors (Lipinski definition) is 3.